The minimum Gasteiger partial charge on any atom is -0.295 e. The van der Waals surface area contributed by atoms with Crippen LogP contribution in [-0.4, -0.2) is 5.78 Å². The summed E-state index contributed by atoms with van der Waals surface area (Å²) in [5.41, 5.74) is 1.87. The van der Waals surface area contributed by atoms with Crippen molar-refractivity contribution in [2.75, 3.05) is 0 Å². The van der Waals surface area contributed by atoms with E-state index in [9.17, 15) is 4.79 Å². The Morgan fingerprint density at radius 3 is 2.82 bits per heavy atom. The van der Waals surface area contributed by atoms with Crippen LogP contribution in [0.4, 0.5) is 0 Å². The summed E-state index contributed by atoms with van der Waals surface area (Å²) in [5.74, 6) is 0.865. The van der Waals surface area contributed by atoms with E-state index in [-0.39, 0.29) is 5.78 Å². The zero-order chi connectivity index (χ0) is 12.9. The maximum atomic E-state index is 11.4. The second-order valence-electron chi connectivity index (χ2n) is 5.88. The van der Waals surface area contributed by atoms with Crippen molar-refractivity contribution in [3.05, 3.63) is 23.8 Å². The molecule has 0 fully saturated rings. The van der Waals surface area contributed by atoms with Crippen LogP contribution in [0.3, 0.4) is 0 Å². The summed E-state index contributed by atoms with van der Waals surface area (Å²) in [5, 5.41) is 0. The van der Waals surface area contributed by atoms with Crippen LogP contribution in [0, 0.1) is 11.3 Å². The first-order valence-electron chi connectivity index (χ1n) is 6.83. The van der Waals surface area contributed by atoms with Gasteiger partial charge in [0.05, 0.1) is 0 Å². The first kappa shape index (κ1) is 14.2. The molecule has 1 rings (SSSR count). The van der Waals surface area contributed by atoms with Crippen LogP contribution in [0.15, 0.2) is 23.8 Å². The smallest absolute Gasteiger partial charge is 0.155 e. The molecule has 0 aromatic carbocycles. The lowest BCUT2D eigenvalue weighted by atomic mass is 9.67. The van der Waals surface area contributed by atoms with E-state index in [2.05, 4.69) is 32.9 Å². The lowest BCUT2D eigenvalue weighted by molar-refractivity contribution is -0.114. The summed E-state index contributed by atoms with van der Waals surface area (Å²) in [6.07, 6.45) is 11.3. The highest BCUT2D eigenvalue weighted by atomic mass is 16.1. The molecule has 1 unspecified atom stereocenters. The van der Waals surface area contributed by atoms with Crippen LogP contribution in [0.5, 0.6) is 0 Å². The second kappa shape index (κ2) is 6.18. The lowest BCUT2D eigenvalue weighted by Gasteiger charge is -2.38. The van der Waals surface area contributed by atoms with Gasteiger partial charge in [-0.2, -0.15) is 0 Å². The topological polar surface area (TPSA) is 17.1 Å². The summed E-state index contributed by atoms with van der Waals surface area (Å²) in [4.78, 5) is 11.4. The van der Waals surface area contributed by atoms with Gasteiger partial charge in [0.2, 0.25) is 0 Å². The van der Waals surface area contributed by atoms with E-state index in [1.165, 1.54) is 18.4 Å². The van der Waals surface area contributed by atoms with Crippen LogP contribution in [0.2, 0.25) is 0 Å². The Bertz CT molecular complexity index is 320. The lowest BCUT2D eigenvalue weighted by Crippen LogP contribution is -2.27. The number of allylic oxidation sites excluding steroid dienone is 4. The van der Waals surface area contributed by atoms with Crippen molar-refractivity contribution < 1.29 is 4.79 Å². The Morgan fingerprint density at radius 2 is 2.24 bits per heavy atom. The van der Waals surface area contributed by atoms with Gasteiger partial charge in [-0.1, -0.05) is 38.5 Å². The number of ketones is 1. The first-order valence-corrected chi connectivity index (χ1v) is 6.83. The SMILES string of the molecule is CCCC(=O)C=CCC1C(C)=CCCC1(C)C. The van der Waals surface area contributed by atoms with E-state index in [1.54, 1.807) is 6.08 Å². The Labute approximate surface area is 106 Å². The monoisotopic (exact) mass is 234 g/mol. The molecule has 0 aliphatic heterocycles. The molecule has 0 spiro atoms. The molecule has 17 heavy (non-hydrogen) atoms. The number of hydrogen-bond donors (Lipinski definition) is 0. The van der Waals surface area contributed by atoms with E-state index < -0.39 is 0 Å². The van der Waals surface area contributed by atoms with Gasteiger partial charge in [-0.25, -0.2) is 0 Å². The van der Waals surface area contributed by atoms with Crippen molar-refractivity contribution in [1.29, 1.82) is 0 Å². The van der Waals surface area contributed by atoms with Crippen molar-refractivity contribution in [3.63, 3.8) is 0 Å². The fourth-order valence-corrected chi connectivity index (χ4v) is 2.77. The zero-order valence-corrected chi connectivity index (χ0v) is 11.8. The minimum absolute atomic E-state index is 0.266. The Kier molecular flexibility index (Phi) is 5.17. The highest BCUT2D eigenvalue weighted by Gasteiger charge is 2.31. The maximum Gasteiger partial charge on any atom is 0.155 e. The summed E-state index contributed by atoms with van der Waals surface area (Å²) >= 11 is 0. The molecule has 0 saturated heterocycles. The van der Waals surface area contributed by atoms with Crippen molar-refractivity contribution >= 4 is 5.78 Å². The van der Waals surface area contributed by atoms with E-state index in [0.717, 1.165) is 12.8 Å². The Hall–Kier alpha value is -0.850. The number of rotatable bonds is 5. The van der Waals surface area contributed by atoms with Crippen LogP contribution < -0.4 is 0 Å². The zero-order valence-electron chi connectivity index (χ0n) is 11.8. The molecule has 1 atom stereocenters. The summed E-state index contributed by atoms with van der Waals surface area (Å²) in [7, 11) is 0. The minimum atomic E-state index is 0.266. The van der Waals surface area contributed by atoms with Crippen molar-refractivity contribution in [2.45, 2.75) is 59.8 Å². The van der Waals surface area contributed by atoms with Crippen molar-refractivity contribution in [2.24, 2.45) is 11.3 Å². The summed E-state index contributed by atoms with van der Waals surface area (Å²) in [6, 6.07) is 0. The third-order valence-electron chi connectivity index (χ3n) is 3.92. The third kappa shape index (κ3) is 4.14. The molecular weight excluding hydrogens is 208 g/mol. The van der Waals surface area contributed by atoms with Gasteiger partial charge >= 0.3 is 0 Å². The molecule has 0 aromatic heterocycles. The fourth-order valence-electron chi connectivity index (χ4n) is 2.77. The van der Waals surface area contributed by atoms with Gasteiger partial charge in [0, 0.05) is 6.42 Å². The van der Waals surface area contributed by atoms with Crippen LogP contribution >= 0.6 is 0 Å². The van der Waals surface area contributed by atoms with E-state index >= 15 is 0 Å². The predicted octanol–water partition coefficient (Wildman–Crippen LogP) is 4.68. The largest absolute Gasteiger partial charge is 0.295 e. The maximum absolute atomic E-state index is 11.4. The van der Waals surface area contributed by atoms with Gasteiger partial charge < -0.3 is 0 Å². The van der Waals surface area contributed by atoms with Gasteiger partial charge in [-0.3, -0.25) is 4.79 Å². The predicted molar refractivity (Wildman–Crippen MR) is 73.9 cm³/mol. The van der Waals surface area contributed by atoms with Gasteiger partial charge in [0.15, 0.2) is 5.78 Å². The average Bonchev–Trinajstić information content (AvgIpc) is 2.22. The molecular formula is C16H26O. The third-order valence-corrected chi connectivity index (χ3v) is 3.92. The van der Waals surface area contributed by atoms with Crippen LogP contribution in [0.1, 0.15) is 59.8 Å². The molecule has 96 valence electrons. The molecule has 0 heterocycles. The number of carbonyl (C=O) groups is 1. The molecule has 0 bridgehead atoms. The quantitative estimate of drug-likeness (QED) is 0.498. The molecule has 0 radical (unpaired) electrons. The van der Waals surface area contributed by atoms with E-state index in [4.69, 9.17) is 0 Å². The van der Waals surface area contributed by atoms with Gasteiger partial charge in [-0.15, -0.1) is 0 Å². The molecule has 1 heteroatoms. The molecule has 0 N–H and O–H groups in total. The Morgan fingerprint density at radius 1 is 1.53 bits per heavy atom. The molecule has 1 aliphatic rings. The van der Waals surface area contributed by atoms with Crippen LogP contribution in [0.25, 0.3) is 0 Å². The van der Waals surface area contributed by atoms with Crippen LogP contribution in [-0.2, 0) is 4.79 Å². The summed E-state index contributed by atoms with van der Waals surface area (Å²) in [6.45, 7) is 8.96. The molecule has 0 saturated carbocycles. The molecule has 1 nitrogen and oxygen atoms in total. The normalized spacial score (nSPS) is 23.8. The fraction of sp³-hybridized carbons (Fsp3) is 0.688. The Balaban J connectivity index is 2.57. The van der Waals surface area contributed by atoms with Gasteiger partial charge in [0.1, 0.15) is 0 Å². The highest BCUT2D eigenvalue weighted by Crippen LogP contribution is 2.42. The van der Waals surface area contributed by atoms with Gasteiger partial charge in [-0.05, 0) is 50.0 Å². The number of hydrogen-bond acceptors (Lipinski definition) is 1. The summed E-state index contributed by atoms with van der Waals surface area (Å²) < 4.78 is 0. The van der Waals surface area contributed by atoms with E-state index in [1.807, 2.05) is 6.92 Å². The number of carbonyl (C=O) groups excluding carboxylic acids is 1. The molecule has 0 aromatic rings. The second-order valence-corrected chi connectivity index (χ2v) is 5.88. The van der Waals surface area contributed by atoms with Gasteiger partial charge in [0.25, 0.3) is 0 Å². The first-order chi connectivity index (χ1) is 7.97. The highest BCUT2D eigenvalue weighted by molar-refractivity contribution is 5.89. The van der Waals surface area contributed by atoms with Crippen molar-refractivity contribution in [3.8, 4) is 0 Å². The standard InChI is InChI=1S/C16H26O/c1-5-8-14(17)10-6-11-15-13(2)9-7-12-16(15,3)4/h6,9-10,15H,5,7-8,11-12H2,1-4H3. The van der Waals surface area contributed by atoms with E-state index in [0.29, 0.717) is 17.8 Å². The molecule has 1 aliphatic carbocycles. The van der Waals surface area contributed by atoms with Crippen molar-refractivity contribution in [1.82, 2.24) is 0 Å². The average molecular weight is 234 g/mol. The molecule has 0 amide bonds.